The maximum atomic E-state index is 5.27. The molecule has 1 aliphatic rings. The van der Waals surface area contributed by atoms with E-state index in [1.54, 1.807) is 0 Å². The van der Waals surface area contributed by atoms with Crippen LogP contribution in [0.25, 0.3) is 0 Å². The SMILES string of the molecule is NC(=S)NNC1CCCCC1. The van der Waals surface area contributed by atoms with E-state index in [1.807, 2.05) is 0 Å². The number of hydrazine groups is 1. The van der Waals surface area contributed by atoms with E-state index in [-0.39, 0.29) is 0 Å². The van der Waals surface area contributed by atoms with Crippen LogP contribution < -0.4 is 16.6 Å². The van der Waals surface area contributed by atoms with E-state index < -0.39 is 0 Å². The van der Waals surface area contributed by atoms with Crippen LogP contribution in [0.5, 0.6) is 0 Å². The Morgan fingerprint density at radius 3 is 2.45 bits per heavy atom. The Hall–Kier alpha value is -0.350. The van der Waals surface area contributed by atoms with Gasteiger partial charge in [-0.1, -0.05) is 19.3 Å². The van der Waals surface area contributed by atoms with E-state index in [9.17, 15) is 0 Å². The van der Waals surface area contributed by atoms with E-state index in [0.29, 0.717) is 11.2 Å². The van der Waals surface area contributed by atoms with Crippen molar-refractivity contribution in [3.05, 3.63) is 0 Å². The molecule has 1 aliphatic carbocycles. The average molecular weight is 173 g/mol. The molecule has 0 atom stereocenters. The van der Waals surface area contributed by atoms with Gasteiger partial charge in [-0.2, -0.15) is 0 Å². The summed E-state index contributed by atoms with van der Waals surface area (Å²) in [4.78, 5) is 0. The zero-order chi connectivity index (χ0) is 8.10. The third-order valence-electron chi connectivity index (χ3n) is 2.00. The van der Waals surface area contributed by atoms with Gasteiger partial charge in [0.2, 0.25) is 0 Å². The van der Waals surface area contributed by atoms with E-state index in [4.69, 9.17) is 5.73 Å². The van der Waals surface area contributed by atoms with Gasteiger partial charge in [0.1, 0.15) is 0 Å². The molecule has 0 heterocycles. The van der Waals surface area contributed by atoms with Gasteiger partial charge in [0.25, 0.3) is 0 Å². The Morgan fingerprint density at radius 2 is 1.91 bits per heavy atom. The summed E-state index contributed by atoms with van der Waals surface area (Å²) in [6.07, 6.45) is 6.46. The lowest BCUT2D eigenvalue weighted by Gasteiger charge is -2.22. The Labute approximate surface area is 72.7 Å². The summed E-state index contributed by atoms with van der Waals surface area (Å²) in [5.74, 6) is 0. The Bertz CT molecular complexity index is 132. The number of nitrogens with one attached hydrogen (secondary N) is 2. The molecular formula is C7H15N3S. The van der Waals surface area contributed by atoms with Crippen molar-refractivity contribution >= 4 is 17.3 Å². The summed E-state index contributed by atoms with van der Waals surface area (Å²) in [6, 6.07) is 0.560. The van der Waals surface area contributed by atoms with Crippen LogP contribution in [-0.2, 0) is 0 Å². The highest BCUT2D eigenvalue weighted by molar-refractivity contribution is 7.80. The van der Waals surface area contributed by atoms with Crippen molar-refractivity contribution in [2.24, 2.45) is 5.73 Å². The smallest absolute Gasteiger partial charge is 0.178 e. The molecule has 0 aromatic heterocycles. The van der Waals surface area contributed by atoms with Gasteiger partial charge in [-0.05, 0) is 25.1 Å². The van der Waals surface area contributed by atoms with E-state index >= 15 is 0 Å². The lowest BCUT2D eigenvalue weighted by Crippen LogP contribution is -2.47. The molecule has 64 valence electrons. The second-order valence-electron chi connectivity index (χ2n) is 2.97. The molecule has 11 heavy (non-hydrogen) atoms. The van der Waals surface area contributed by atoms with Crippen LogP contribution in [0.15, 0.2) is 0 Å². The normalized spacial score (nSPS) is 19.6. The van der Waals surface area contributed by atoms with Gasteiger partial charge in [0, 0.05) is 6.04 Å². The monoisotopic (exact) mass is 173 g/mol. The predicted molar refractivity (Wildman–Crippen MR) is 49.9 cm³/mol. The van der Waals surface area contributed by atoms with Gasteiger partial charge in [0.05, 0.1) is 0 Å². The first-order chi connectivity index (χ1) is 5.29. The molecule has 0 saturated heterocycles. The van der Waals surface area contributed by atoms with Crippen molar-refractivity contribution < 1.29 is 0 Å². The summed E-state index contributed by atoms with van der Waals surface area (Å²) >= 11 is 4.67. The number of nitrogens with two attached hydrogens (primary N) is 1. The molecule has 0 aliphatic heterocycles. The third-order valence-corrected chi connectivity index (χ3v) is 2.11. The largest absolute Gasteiger partial charge is 0.375 e. The minimum atomic E-state index is 0.329. The van der Waals surface area contributed by atoms with Crippen LogP contribution in [0, 0.1) is 0 Å². The minimum Gasteiger partial charge on any atom is -0.375 e. The van der Waals surface area contributed by atoms with Gasteiger partial charge < -0.3 is 5.73 Å². The average Bonchev–Trinajstić information content (AvgIpc) is 2.03. The number of rotatable bonds is 2. The molecule has 1 saturated carbocycles. The maximum absolute atomic E-state index is 5.27. The zero-order valence-electron chi connectivity index (χ0n) is 6.60. The number of hydrogen-bond donors (Lipinski definition) is 3. The van der Waals surface area contributed by atoms with E-state index in [1.165, 1.54) is 32.1 Å². The Kier molecular flexibility index (Phi) is 3.59. The first-order valence-electron chi connectivity index (χ1n) is 4.10. The van der Waals surface area contributed by atoms with Crippen LogP contribution in [0.4, 0.5) is 0 Å². The molecule has 0 unspecified atom stereocenters. The molecule has 0 aromatic carbocycles. The summed E-state index contributed by atoms with van der Waals surface area (Å²) in [5, 5.41) is 0.329. The van der Waals surface area contributed by atoms with Crippen LogP contribution in [0.1, 0.15) is 32.1 Å². The molecule has 0 spiro atoms. The molecule has 0 bridgehead atoms. The minimum absolute atomic E-state index is 0.329. The van der Waals surface area contributed by atoms with Gasteiger partial charge >= 0.3 is 0 Å². The molecule has 0 radical (unpaired) electrons. The fourth-order valence-corrected chi connectivity index (χ4v) is 1.48. The van der Waals surface area contributed by atoms with Crippen molar-refractivity contribution in [3.8, 4) is 0 Å². The van der Waals surface area contributed by atoms with Gasteiger partial charge in [-0.25, -0.2) is 5.43 Å². The Balaban J connectivity index is 2.09. The molecule has 0 aromatic rings. The van der Waals surface area contributed by atoms with E-state index in [2.05, 4.69) is 23.1 Å². The summed E-state index contributed by atoms with van der Waals surface area (Å²) in [6.45, 7) is 0. The molecule has 4 heteroatoms. The van der Waals surface area contributed by atoms with Crippen LogP contribution >= 0.6 is 12.2 Å². The molecular weight excluding hydrogens is 158 g/mol. The van der Waals surface area contributed by atoms with Crippen molar-refractivity contribution in [1.29, 1.82) is 0 Å². The highest BCUT2D eigenvalue weighted by Gasteiger charge is 2.11. The molecule has 0 amide bonds. The van der Waals surface area contributed by atoms with Gasteiger partial charge in [-0.15, -0.1) is 0 Å². The number of hydrogen-bond acceptors (Lipinski definition) is 2. The fraction of sp³-hybridized carbons (Fsp3) is 0.857. The second-order valence-corrected chi connectivity index (χ2v) is 3.41. The molecule has 1 fully saturated rings. The lowest BCUT2D eigenvalue weighted by molar-refractivity contribution is 0.361. The lowest BCUT2D eigenvalue weighted by atomic mass is 9.96. The van der Waals surface area contributed by atoms with Crippen molar-refractivity contribution in [2.75, 3.05) is 0 Å². The highest BCUT2D eigenvalue weighted by Crippen LogP contribution is 2.16. The highest BCUT2D eigenvalue weighted by atomic mass is 32.1. The molecule has 3 nitrogen and oxygen atoms in total. The third kappa shape index (κ3) is 3.53. The van der Waals surface area contributed by atoms with Crippen LogP contribution in [-0.4, -0.2) is 11.2 Å². The first-order valence-corrected chi connectivity index (χ1v) is 4.51. The topological polar surface area (TPSA) is 50.1 Å². The van der Waals surface area contributed by atoms with Gasteiger partial charge in [0.15, 0.2) is 5.11 Å². The standard InChI is InChI=1S/C7H15N3S/c8-7(11)10-9-6-4-2-1-3-5-6/h6,9H,1-5H2,(H3,8,10,11). The quantitative estimate of drug-likeness (QED) is 0.424. The first kappa shape index (κ1) is 8.74. The second kappa shape index (κ2) is 4.51. The van der Waals surface area contributed by atoms with Crippen molar-refractivity contribution in [1.82, 2.24) is 10.9 Å². The maximum Gasteiger partial charge on any atom is 0.178 e. The Morgan fingerprint density at radius 1 is 1.27 bits per heavy atom. The van der Waals surface area contributed by atoms with Crippen LogP contribution in [0.2, 0.25) is 0 Å². The summed E-state index contributed by atoms with van der Waals surface area (Å²) in [5.41, 5.74) is 11.1. The van der Waals surface area contributed by atoms with Crippen molar-refractivity contribution in [2.45, 2.75) is 38.1 Å². The summed E-state index contributed by atoms with van der Waals surface area (Å²) < 4.78 is 0. The molecule has 4 N–H and O–H groups in total. The number of thiocarbonyl (C=S) groups is 1. The zero-order valence-corrected chi connectivity index (χ0v) is 7.41. The molecule has 1 rings (SSSR count). The summed E-state index contributed by atoms with van der Waals surface area (Å²) in [7, 11) is 0. The van der Waals surface area contributed by atoms with E-state index in [0.717, 1.165) is 0 Å². The van der Waals surface area contributed by atoms with Gasteiger partial charge in [-0.3, -0.25) is 5.43 Å². The fourth-order valence-electron chi connectivity index (χ4n) is 1.42. The van der Waals surface area contributed by atoms with Crippen LogP contribution in [0.3, 0.4) is 0 Å². The van der Waals surface area contributed by atoms with Crippen molar-refractivity contribution in [3.63, 3.8) is 0 Å². The predicted octanol–water partition coefficient (Wildman–Crippen LogP) is 0.657.